The van der Waals surface area contributed by atoms with Crippen LogP contribution in [-0.4, -0.2) is 23.4 Å². The molecule has 1 aliphatic heterocycles. The molecule has 1 fully saturated rings. The lowest BCUT2D eigenvalue weighted by molar-refractivity contribution is 0.129. The van der Waals surface area contributed by atoms with Crippen molar-refractivity contribution in [2.45, 2.75) is 30.1 Å². The van der Waals surface area contributed by atoms with Crippen LogP contribution in [0.2, 0.25) is 0 Å². The number of aromatic nitrogens is 1. The number of hydrogen-bond acceptors (Lipinski definition) is 5. The molecule has 1 unspecified atom stereocenters. The van der Waals surface area contributed by atoms with Crippen LogP contribution in [0.3, 0.4) is 0 Å². The fourth-order valence-electron chi connectivity index (χ4n) is 1.48. The average molecular weight is 230 g/mol. The minimum Gasteiger partial charge on any atom is -0.377 e. The molecular weight excluding hydrogens is 216 g/mol. The molecule has 2 heterocycles. The van der Waals surface area contributed by atoms with Gasteiger partial charge in [0.05, 0.1) is 16.0 Å². The van der Waals surface area contributed by atoms with E-state index in [1.54, 1.807) is 11.3 Å². The average Bonchev–Trinajstić information content (AvgIpc) is 2.72. The second-order valence-corrected chi connectivity index (χ2v) is 5.69. The van der Waals surface area contributed by atoms with E-state index < -0.39 is 0 Å². The van der Waals surface area contributed by atoms with Crippen molar-refractivity contribution in [2.75, 3.05) is 18.1 Å². The summed E-state index contributed by atoms with van der Waals surface area (Å²) in [4.78, 5) is 4.19. The van der Waals surface area contributed by atoms with Crippen molar-refractivity contribution in [3.05, 3.63) is 5.69 Å². The standard InChI is InChI=1S/C9H14N2OS2/c1-6-8(14-9(10)11-6)13-5-7-3-2-4-12-7/h7H,2-5H2,1H3,(H2,10,11). The first-order chi connectivity index (χ1) is 6.75. The lowest BCUT2D eigenvalue weighted by Crippen LogP contribution is -2.07. The number of nitrogens with two attached hydrogens (primary N) is 1. The summed E-state index contributed by atoms with van der Waals surface area (Å²) in [6.07, 6.45) is 2.83. The molecular formula is C9H14N2OS2. The molecule has 2 rings (SSSR count). The molecule has 2 N–H and O–H groups in total. The number of rotatable bonds is 3. The summed E-state index contributed by atoms with van der Waals surface area (Å²) in [6.45, 7) is 2.93. The summed E-state index contributed by atoms with van der Waals surface area (Å²) in [5.41, 5.74) is 6.68. The molecule has 0 radical (unpaired) electrons. The number of nitrogens with zero attached hydrogens (tertiary/aromatic N) is 1. The molecule has 1 aliphatic rings. The van der Waals surface area contributed by atoms with Crippen LogP contribution in [0.25, 0.3) is 0 Å². The van der Waals surface area contributed by atoms with E-state index in [0.717, 1.165) is 18.1 Å². The van der Waals surface area contributed by atoms with E-state index in [4.69, 9.17) is 10.5 Å². The van der Waals surface area contributed by atoms with Gasteiger partial charge in [0.1, 0.15) is 0 Å². The molecule has 0 aliphatic carbocycles. The van der Waals surface area contributed by atoms with Crippen LogP contribution in [0.1, 0.15) is 18.5 Å². The third-order valence-electron chi connectivity index (χ3n) is 2.19. The van der Waals surface area contributed by atoms with Crippen LogP contribution in [0.15, 0.2) is 4.21 Å². The quantitative estimate of drug-likeness (QED) is 0.809. The predicted molar refractivity (Wildman–Crippen MR) is 61.0 cm³/mol. The SMILES string of the molecule is Cc1nc(N)sc1SCC1CCCO1. The van der Waals surface area contributed by atoms with Crippen LogP contribution in [-0.2, 0) is 4.74 Å². The van der Waals surface area contributed by atoms with E-state index in [2.05, 4.69) is 4.98 Å². The maximum atomic E-state index is 5.63. The second-order valence-electron chi connectivity index (χ2n) is 3.37. The Labute approximate surface area is 92.1 Å². The summed E-state index contributed by atoms with van der Waals surface area (Å²) in [5, 5.41) is 0.664. The zero-order chi connectivity index (χ0) is 9.97. The highest BCUT2D eigenvalue weighted by Crippen LogP contribution is 2.32. The molecule has 1 aromatic rings. The topological polar surface area (TPSA) is 48.1 Å². The third-order valence-corrected chi connectivity index (χ3v) is 4.68. The Kier molecular flexibility index (Phi) is 3.30. The van der Waals surface area contributed by atoms with Gasteiger partial charge in [0.15, 0.2) is 5.13 Å². The first-order valence-electron chi connectivity index (χ1n) is 4.73. The van der Waals surface area contributed by atoms with Gasteiger partial charge in [0, 0.05) is 12.4 Å². The van der Waals surface area contributed by atoms with E-state index in [9.17, 15) is 0 Å². The highest BCUT2D eigenvalue weighted by Gasteiger charge is 2.16. The first kappa shape index (κ1) is 10.3. The fourth-order valence-corrected chi connectivity index (χ4v) is 3.60. The van der Waals surface area contributed by atoms with Gasteiger partial charge in [0.25, 0.3) is 0 Å². The Morgan fingerprint density at radius 1 is 1.71 bits per heavy atom. The van der Waals surface area contributed by atoms with Crippen LogP contribution < -0.4 is 5.73 Å². The van der Waals surface area contributed by atoms with Crippen LogP contribution in [0.5, 0.6) is 0 Å². The highest BCUT2D eigenvalue weighted by molar-refractivity contribution is 8.01. The summed E-state index contributed by atoms with van der Waals surface area (Å²) < 4.78 is 6.79. The fraction of sp³-hybridized carbons (Fsp3) is 0.667. The van der Waals surface area contributed by atoms with Gasteiger partial charge in [-0.05, 0) is 19.8 Å². The van der Waals surface area contributed by atoms with E-state index in [1.807, 2.05) is 18.7 Å². The molecule has 14 heavy (non-hydrogen) atoms. The van der Waals surface area contributed by atoms with Crippen molar-refractivity contribution in [1.82, 2.24) is 4.98 Å². The molecule has 5 heteroatoms. The number of ether oxygens (including phenoxy) is 1. The van der Waals surface area contributed by atoms with Crippen molar-refractivity contribution >= 4 is 28.2 Å². The van der Waals surface area contributed by atoms with E-state index in [1.165, 1.54) is 17.1 Å². The number of thioether (sulfide) groups is 1. The number of aryl methyl sites for hydroxylation is 1. The van der Waals surface area contributed by atoms with Crippen molar-refractivity contribution in [3.8, 4) is 0 Å². The van der Waals surface area contributed by atoms with Gasteiger partial charge in [0.2, 0.25) is 0 Å². The van der Waals surface area contributed by atoms with Crippen LogP contribution >= 0.6 is 23.1 Å². The predicted octanol–water partition coefficient (Wildman–Crippen LogP) is 2.30. The number of anilines is 1. The van der Waals surface area contributed by atoms with Crippen LogP contribution in [0.4, 0.5) is 5.13 Å². The molecule has 1 atom stereocenters. The van der Waals surface area contributed by atoms with Crippen molar-refractivity contribution < 1.29 is 4.74 Å². The molecule has 0 spiro atoms. The number of nitrogen functional groups attached to an aromatic ring is 1. The van der Waals surface area contributed by atoms with Gasteiger partial charge in [-0.1, -0.05) is 11.3 Å². The monoisotopic (exact) mass is 230 g/mol. The Morgan fingerprint density at radius 2 is 2.57 bits per heavy atom. The normalized spacial score (nSPS) is 21.6. The maximum absolute atomic E-state index is 5.63. The van der Waals surface area contributed by atoms with E-state index in [0.29, 0.717) is 11.2 Å². The molecule has 0 amide bonds. The molecule has 1 saturated heterocycles. The molecule has 0 aromatic carbocycles. The smallest absolute Gasteiger partial charge is 0.181 e. The summed E-state index contributed by atoms with van der Waals surface area (Å²) in [6, 6.07) is 0. The number of thiazole rings is 1. The largest absolute Gasteiger partial charge is 0.377 e. The van der Waals surface area contributed by atoms with Gasteiger partial charge in [-0.15, -0.1) is 11.8 Å². The van der Waals surface area contributed by atoms with Gasteiger partial charge in [-0.3, -0.25) is 0 Å². The second kappa shape index (κ2) is 4.51. The lowest BCUT2D eigenvalue weighted by atomic mass is 10.3. The minimum atomic E-state index is 0.433. The van der Waals surface area contributed by atoms with Gasteiger partial charge in [-0.25, -0.2) is 4.98 Å². The van der Waals surface area contributed by atoms with Gasteiger partial charge >= 0.3 is 0 Å². The summed E-state index contributed by atoms with van der Waals surface area (Å²) in [5.74, 6) is 1.03. The van der Waals surface area contributed by atoms with Crippen molar-refractivity contribution in [1.29, 1.82) is 0 Å². The lowest BCUT2D eigenvalue weighted by Gasteiger charge is -2.06. The molecule has 3 nitrogen and oxygen atoms in total. The molecule has 1 aromatic heterocycles. The van der Waals surface area contributed by atoms with Gasteiger partial charge < -0.3 is 10.5 Å². The Morgan fingerprint density at radius 3 is 3.14 bits per heavy atom. The zero-order valence-electron chi connectivity index (χ0n) is 8.16. The minimum absolute atomic E-state index is 0.433. The Hall–Kier alpha value is -0.260. The van der Waals surface area contributed by atoms with E-state index in [-0.39, 0.29) is 0 Å². The Bertz CT molecular complexity index is 308. The highest BCUT2D eigenvalue weighted by atomic mass is 32.2. The van der Waals surface area contributed by atoms with Crippen molar-refractivity contribution in [2.24, 2.45) is 0 Å². The van der Waals surface area contributed by atoms with Gasteiger partial charge in [-0.2, -0.15) is 0 Å². The first-order valence-corrected chi connectivity index (χ1v) is 6.53. The maximum Gasteiger partial charge on any atom is 0.181 e. The zero-order valence-corrected chi connectivity index (χ0v) is 9.79. The van der Waals surface area contributed by atoms with Crippen LogP contribution in [0, 0.1) is 6.92 Å². The molecule has 0 bridgehead atoms. The summed E-state index contributed by atoms with van der Waals surface area (Å²) >= 11 is 3.39. The Balaban J connectivity index is 1.87. The van der Waals surface area contributed by atoms with E-state index >= 15 is 0 Å². The summed E-state index contributed by atoms with van der Waals surface area (Å²) in [7, 11) is 0. The third kappa shape index (κ3) is 2.40. The number of hydrogen-bond donors (Lipinski definition) is 1. The van der Waals surface area contributed by atoms with Crippen molar-refractivity contribution in [3.63, 3.8) is 0 Å². The molecule has 0 saturated carbocycles. The molecule has 78 valence electrons.